The molecule has 0 aliphatic carbocycles. The number of nitrogens with zero attached hydrogens (tertiary/aromatic N) is 1. The summed E-state index contributed by atoms with van der Waals surface area (Å²) in [7, 11) is 2.08. The minimum Gasteiger partial charge on any atom is -0.379 e. The number of hydrogen-bond donors (Lipinski definition) is 0. The van der Waals surface area contributed by atoms with Crippen molar-refractivity contribution < 1.29 is 0 Å². The molecule has 0 bridgehead atoms. The highest BCUT2D eigenvalue weighted by atomic mass is 15.1. The second kappa shape index (κ2) is 6.02. The molecule has 0 amide bonds. The summed E-state index contributed by atoms with van der Waals surface area (Å²) < 4.78 is 0. The van der Waals surface area contributed by atoms with E-state index in [2.05, 4.69) is 25.1 Å². The molecule has 0 atom stereocenters. The Labute approximate surface area is 70.4 Å². The van der Waals surface area contributed by atoms with Crippen LogP contribution in [0.25, 0.3) is 0 Å². The zero-order valence-electron chi connectivity index (χ0n) is 7.77. The molecular formula is C10H19N. The van der Waals surface area contributed by atoms with Gasteiger partial charge < -0.3 is 4.90 Å². The van der Waals surface area contributed by atoms with Crippen LogP contribution in [0.5, 0.6) is 0 Å². The molecule has 0 unspecified atom stereocenters. The Balaban J connectivity index is 3.24. The summed E-state index contributed by atoms with van der Waals surface area (Å²) in [6.07, 6.45) is 5.57. The van der Waals surface area contributed by atoms with Crippen LogP contribution in [0.15, 0.2) is 24.9 Å². The first-order valence-corrected chi connectivity index (χ1v) is 4.16. The van der Waals surface area contributed by atoms with E-state index in [0.29, 0.717) is 0 Å². The lowest BCUT2D eigenvalue weighted by Gasteiger charge is -2.17. The van der Waals surface area contributed by atoms with Gasteiger partial charge in [0.15, 0.2) is 0 Å². The maximum atomic E-state index is 3.86. The van der Waals surface area contributed by atoms with Crippen molar-refractivity contribution in [3.05, 3.63) is 24.9 Å². The number of rotatable bonds is 6. The molecule has 0 N–H and O–H groups in total. The van der Waals surface area contributed by atoms with Gasteiger partial charge in [0, 0.05) is 19.3 Å². The van der Waals surface area contributed by atoms with Crippen molar-refractivity contribution in [2.75, 3.05) is 13.6 Å². The zero-order valence-corrected chi connectivity index (χ0v) is 7.77. The summed E-state index contributed by atoms with van der Waals surface area (Å²) in [6, 6.07) is 0. The lowest BCUT2D eigenvalue weighted by molar-refractivity contribution is 0.406. The van der Waals surface area contributed by atoms with E-state index in [1.54, 1.807) is 0 Å². The fourth-order valence-electron chi connectivity index (χ4n) is 0.829. The lowest BCUT2D eigenvalue weighted by Crippen LogP contribution is -2.16. The molecule has 0 fully saturated rings. The molecule has 0 radical (unpaired) electrons. The van der Waals surface area contributed by atoms with Gasteiger partial charge in [0.05, 0.1) is 0 Å². The van der Waals surface area contributed by atoms with Gasteiger partial charge in [-0.1, -0.05) is 12.7 Å². The number of hydrogen-bond acceptors (Lipinski definition) is 1. The minimum absolute atomic E-state index is 1.11. The van der Waals surface area contributed by atoms with E-state index < -0.39 is 0 Å². The average Bonchev–Trinajstić information content (AvgIpc) is 1.97. The number of unbranched alkanes of at least 4 members (excludes halogenated alkanes) is 2. The van der Waals surface area contributed by atoms with Crippen LogP contribution >= 0.6 is 0 Å². The molecule has 64 valence electrons. The Bertz CT molecular complexity index is 127. The standard InChI is InChI=1S/C10H19N/c1-5-6-7-8-9-11(4)10(2)3/h5H,1-2,6-9H2,3-4H3. The second-order valence-corrected chi connectivity index (χ2v) is 2.94. The molecule has 1 nitrogen and oxygen atoms in total. The second-order valence-electron chi connectivity index (χ2n) is 2.94. The van der Waals surface area contributed by atoms with Crippen molar-refractivity contribution in [2.45, 2.75) is 26.2 Å². The summed E-state index contributed by atoms with van der Waals surface area (Å²) in [4.78, 5) is 2.18. The van der Waals surface area contributed by atoms with Gasteiger partial charge in [-0.15, -0.1) is 6.58 Å². The van der Waals surface area contributed by atoms with Crippen molar-refractivity contribution in [1.82, 2.24) is 4.90 Å². The first kappa shape index (κ1) is 10.3. The Hall–Kier alpha value is -0.720. The fraction of sp³-hybridized carbons (Fsp3) is 0.600. The van der Waals surface area contributed by atoms with Crippen LogP contribution in [0.4, 0.5) is 0 Å². The fourth-order valence-corrected chi connectivity index (χ4v) is 0.829. The first-order valence-electron chi connectivity index (χ1n) is 4.16. The van der Waals surface area contributed by atoms with Crippen LogP contribution in [0.1, 0.15) is 26.2 Å². The van der Waals surface area contributed by atoms with E-state index in [-0.39, 0.29) is 0 Å². The monoisotopic (exact) mass is 153 g/mol. The Morgan fingerprint density at radius 2 is 2.09 bits per heavy atom. The molecule has 0 aromatic carbocycles. The van der Waals surface area contributed by atoms with Crippen LogP contribution in [0, 0.1) is 0 Å². The van der Waals surface area contributed by atoms with Crippen molar-refractivity contribution in [2.24, 2.45) is 0 Å². The molecule has 0 aliphatic rings. The zero-order chi connectivity index (χ0) is 8.69. The van der Waals surface area contributed by atoms with Gasteiger partial charge in [-0.3, -0.25) is 0 Å². The predicted octanol–water partition coefficient (Wildman–Crippen LogP) is 2.81. The summed E-state index contributed by atoms with van der Waals surface area (Å²) >= 11 is 0. The van der Waals surface area contributed by atoms with Gasteiger partial charge in [-0.2, -0.15) is 0 Å². The topological polar surface area (TPSA) is 3.24 Å². The van der Waals surface area contributed by atoms with Gasteiger partial charge in [-0.05, 0) is 26.2 Å². The van der Waals surface area contributed by atoms with Gasteiger partial charge in [-0.25, -0.2) is 0 Å². The molecule has 11 heavy (non-hydrogen) atoms. The van der Waals surface area contributed by atoms with Crippen LogP contribution in [-0.4, -0.2) is 18.5 Å². The molecular weight excluding hydrogens is 134 g/mol. The van der Waals surface area contributed by atoms with Crippen LogP contribution in [0.3, 0.4) is 0 Å². The highest BCUT2D eigenvalue weighted by Gasteiger charge is 1.94. The van der Waals surface area contributed by atoms with Gasteiger partial charge in [0.2, 0.25) is 0 Å². The van der Waals surface area contributed by atoms with Crippen LogP contribution < -0.4 is 0 Å². The maximum absolute atomic E-state index is 3.86. The average molecular weight is 153 g/mol. The summed E-state index contributed by atoms with van der Waals surface area (Å²) in [5.41, 5.74) is 1.14. The van der Waals surface area contributed by atoms with Gasteiger partial charge in [0.1, 0.15) is 0 Å². The lowest BCUT2D eigenvalue weighted by atomic mass is 10.2. The van der Waals surface area contributed by atoms with E-state index in [1.807, 2.05) is 13.0 Å². The Morgan fingerprint density at radius 3 is 2.55 bits per heavy atom. The third-order valence-electron chi connectivity index (χ3n) is 1.80. The quantitative estimate of drug-likeness (QED) is 0.419. The Morgan fingerprint density at radius 1 is 1.45 bits per heavy atom. The molecule has 0 rings (SSSR count). The molecule has 0 aromatic rings. The first-order chi connectivity index (χ1) is 5.18. The predicted molar refractivity (Wildman–Crippen MR) is 51.5 cm³/mol. The third kappa shape index (κ3) is 5.71. The van der Waals surface area contributed by atoms with Crippen molar-refractivity contribution in [3.63, 3.8) is 0 Å². The maximum Gasteiger partial charge on any atom is 0.0171 e. The molecule has 0 aliphatic heterocycles. The molecule has 0 heterocycles. The third-order valence-corrected chi connectivity index (χ3v) is 1.80. The molecule has 1 heteroatoms. The van der Waals surface area contributed by atoms with Crippen molar-refractivity contribution in [3.8, 4) is 0 Å². The van der Waals surface area contributed by atoms with E-state index in [9.17, 15) is 0 Å². The van der Waals surface area contributed by atoms with E-state index in [4.69, 9.17) is 0 Å². The van der Waals surface area contributed by atoms with E-state index >= 15 is 0 Å². The minimum atomic E-state index is 1.11. The summed E-state index contributed by atoms with van der Waals surface area (Å²) in [5, 5.41) is 0. The highest BCUT2D eigenvalue weighted by molar-refractivity contribution is 4.85. The van der Waals surface area contributed by atoms with Crippen LogP contribution in [0.2, 0.25) is 0 Å². The van der Waals surface area contributed by atoms with Crippen molar-refractivity contribution >= 4 is 0 Å². The smallest absolute Gasteiger partial charge is 0.0171 e. The largest absolute Gasteiger partial charge is 0.379 e. The van der Waals surface area contributed by atoms with Gasteiger partial charge >= 0.3 is 0 Å². The van der Waals surface area contributed by atoms with E-state index in [1.165, 1.54) is 12.8 Å². The molecule has 0 saturated carbocycles. The summed E-state index contributed by atoms with van der Waals surface area (Å²) in [5.74, 6) is 0. The normalized spacial score (nSPS) is 9.27. The molecule has 0 spiro atoms. The summed E-state index contributed by atoms with van der Waals surface area (Å²) in [6.45, 7) is 10.7. The highest BCUT2D eigenvalue weighted by Crippen LogP contribution is 2.01. The molecule has 0 saturated heterocycles. The van der Waals surface area contributed by atoms with Crippen LogP contribution in [-0.2, 0) is 0 Å². The molecule has 0 aromatic heterocycles. The van der Waals surface area contributed by atoms with Crippen molar-refractivity contribution in [1.29, 1.82) is 0 Å². The number of allylic oxidation sites excluding steroid dienone is 2. The van der Waals surface area contributed by atoms with Gasteiger partial charge in [0.25, 0.3) is 0 Å². The Kier molecular flexibility index (Phi) is 5.63. The van der Waals surface area contributed by atoms with E-state index in [0.717, 1.165) is 18.7 Å². The SMILES string of the molecule is C=CCCCCN(C)C(=C)C.